The smallest absolute Gasteiger partial charge is 0.260 e. The zero-order valence-corrected chi connectivity index (χ0v) is 12.6. The molecule has 7 heteroatoms. The number of hydrogen-bond acceptors (Lipinski definition) is 4. The highest BCUT2D eigenvalue weighted by atomic mass is 32.2. The highest BCUT2D eigenvalue weighted by Gasteiger charge is 2.14. The average molecular weight is 320 g/mol. The molecule has 0 fully saturated rings. The van der Waals surface area contributed by atoms with Gasteiger partial charge in [0.15, 0.2) is 9.84 Å². The molecule has 0 aliphatic rings. The number of rotatable bonds is 6. The quantitative estimate of drug-likeness (QED) is 0.819. The predicted molar refractivity (Wildman–Crippen MR) is 83.3 cm³/mol. The molecule has 0 spiro atoms. The topological polar surface area (TPSA) is 96.1 Å². The number of benzene rings is 1. The molecule has 6 nitrogen and oxygen atoms in total. The van der Waals surface area contributed by atoms with Crippen LogP contribution in [0.2, 0.25) is 0 Å². The lowest BCUT2D eigenvalue weighted by Crippen LogP contribution is -2.33. The largest absolute Gasteiger partial charge is 0.351 e. The van der Waals surface area contributed by atoms with Crippen LogP contribution in [0.3, 0.4) is 0 Å². The normalized spacial score (nSPS) is 11.1. The summed E-state index contributed by atoms with van der Waals surface area (Å²) in [4.78, 5) is 25.6. The Hall–Kier alpha value is -2.41. The lowest BCUT2D eigenvalue weighted by molar-refractivity contribution is 0.0954. The molecule has 1 aromatic carbocycles. The summed E-state index contributed by atoms with van der Waals surface area (Å²) in [6, 6.07) is 11.7. The van der Waals surface area contributed by atoms with Crippen molar-refractivity contribution in [2.45, 2.75) is 5.75 Å². The van der Waals surface area contributed by atoms with Crippen molar-refractivity contribution in [3.8, 4) is 0 Å². The SMILES string of the molecule is O=C(NCCS(=O)(=O)Cc1ccccc1)c1ccc[nH]c1=O. The van der Waals surface area contributed by atoms with Crippen LogP contribution in [0.15, 0.2) is 53.5 Å². The summed E-state index contributed by atoms with van der Waals surface area (Å²) in [5, 5.41) is 2.44. The summed E-state index contributed by atoms with van der Waals surface area (Å²) in [6.07, 6.45) is 1.42. The Balaban J connectivity index is 1.89. The number of pyridine rings is 1. The molecular weight excluding hydrogens is 304 g/mol. The molecule has 1 heterocycles. The van der Waals surface area contributed by atoms with E-state index < -0.39 is 21.3 Å². The molecule has 0 atom stereocenters. The van der Waals surface area contributed by atoms with Gasteiger partial charge in [-0.3, -0.25) is 9.59 Å². The highest BCUT2D eigenvalue weighted by molar-refractivity contribution is 7.90. The van der Waals surface area contributed by atoms with Gasteiger partial charge in [0.1, 0.15) is 5.56 Å². The molecule has 0 saturated heterocycles. The van der Waals surface area contributed by atoms with E-state index in [0.29, 0.717) is 5.56 Å². The van der Waals surface area contributed by atoms with E-state index in [-0.39, 0.29) is 23.6 Å². The fraction of sp³-hybridized carbons (Fsp3) is 0.200. The Bertz CT molecular complexity index is 798. The van der Waals surface area contributed by atoms with E-state index in [4.69, 9.17) is 0 Å². The molecule has 0 saturated carbocycles. The van der Waals surface area contributed by atoms with Crippen LogP contribution < -0.4 is 10.9 Å². The van der Waals surface area contributed by atoms with Crippen LogP contribution in [0.5, 0.6) is 0 Å². The van der Waals surface area contributed by atoms with Crippen molar-refractivity contribution in [3.05, 3.63) is 70.1 Å². The molecule has 0 radical (unpaired) electrons. The lowest BCUT2D eigenvalue weighted by atomic mass is 10.2. The van der Waals surface area contributed by atoms with E-state index in [9.17, 15) is 18.0 Å². The van der Waals surface area contributed by atoms with Crippen molar-refractivity contribution >= 4 is 15.7 Å². The number of H-pyrrole nitrogens is 1. The summed E-state index contributed by atoms with van der Waals surface area (Å²) in [5.74, 6) is -0.842. The maximum atomic E-state index is 12.0. The summed E-state index contributed by atoms with van der Waals surface area (Å²) in [6.45, 7) is -0.0394. The summed E-state index contributed by atoms with van der Waals surface area (Å²) < 4.78 is 23.9. The number of carbonyl (C=O) groups excluding carboxylic acids is 1. The van der Waals surface area contributed by atoms with Crippen molar-refractivity contribution in [1.29, 1.82) is 0 Å². The molecule has 2 rings (SSSR count). The minimum Gasteiger partial charge on any atom is -0.351 e. The summed E-state index contributed by atoms with van der Waals surface area (Å²) in [5.41, 5.74) is 0.156. The van der Waals surface area contributed by atoms with Gasteiger partial charge in [0.25, 0.3) is 11.5 Å². The third-order valence-electron chi connectivity index (χ3n) is 2.99. The Kier molecular flexibility index (Phi) is 5.11. The Labute approximate surface area is 128 Å². The van der Waals surface area contributed by atoms with Gasteiger partial charge in [-0.2, -0.15) is 0 Å². The number of sulfone groups is 1. The molecule has 2 aromatic rings. The van der Waals surface area contributed by atoms with Crippen molar-refractivity contribution < 1.29 is 13.2 Å². The van der Waals surface area contributed by atoms with Crippen LogP contribution >= 0.6 is 0 Å². The van der Waals surface area contributed by atoms with E-state index >= 15 is 0 Å². The second-order valence-electron chi connectivity index (χ2n) is 4.75. The molecule has 2 N–H and O–H groups in total. The minimum atomic E-state index is -3.32. The van der Waals surface area contributed by atoms with Gasteiger partial charge in [-0.1, -0.05) is 30.3 Å². The number of nitrogens with one attached hydrogen (secondary N) is 2. The molecule has 22 heavy (non-hydrogen) atoms. The van der Waals surface area contributed by atoms with Crippen LogP contribution in [0.1, 0.15) is 15.9 Å². The fourth-order valence-corrected chi connectivity index (χ4v) is 3.17. The van der Waals surface area contributed by atoms with Crippen LogP contribution in [-0.4, -0.2) is 31.6 Å². The molecule has 0 aliphatic carbocycles. The molecule has 116 valence electrons. The van der Waals surface area contributed by atoms with Gasteiger partial charge in [-0.25, -0.2) is 8.42 Å². The van der Waals surface area contributed by atoms with Crippen LogP contribution in [-0.2, 0) is 15.6 Å². The van der Waals surface area contributed by atoms with Crippen LogP contribution in [0.4, 0.5) is 0 Å². The second-order valence-corrected chi connectivity index (χ2v) is 6.93. The first-order valence-electron chi connectivity index (χ1n) is 6.68. The minimum absolute atomic E-state index is 0.0389. The molecule has 1 aromatic heterocycles. The van der Waals surface area contributed by atoms with Crippen LogP contribution in [0, 0.1) is 0 Å². The zero-order chi connectivity index (χ0) is 16.0. The first kappa shape index (κ1) is 16.0. The number of hydrogen-bond donors (Lipinski definition) is 2. The highest BCUT2D eigenvalue weighted by Crippen LogP contribution is 2.05. The maximum Gasteiger partial charge on any atom is 0.260 e. The van der Waals surface area contributed by atoms with Gasteiger partial charge < -0.3 is 10.3 Å². The van der Waals surface area contributed by atoms with E-state index in [1.54, 1.807) is 24.3 Å². The number of amides is 1. The standard InChI is InChI=1S/C15H16N2O4S/c18-14-13(7-4-8-16-14)15(19)17-9-10-22(20,21)11-12-5-2-1-3-6-12/h1-8H,9-11H2,(H,16,18)(H,17,19). The summed E-state index contributed by atoms with van der Waals surface area (Å²) >= 11 is 0. The third kappa shape index (κ3) is 4.56. The molecule has 0 bridgehead atoms. The zero-order valence-electron chi connectivity index (χ0n) is 11.8. The van der Waals surface area contributed by atoms with Crippen molar-refractivity contribution in [2.24, 2.45) is 0 Å². The van der Waals surface area contributed by atoms with Gasteiger partial charge in [-0.15, -0.1) is 0 Å². The van der Waals surface area contributed by atoms with Gasteiger partial charge in [0, 0.05) is 12.7 Å². The van der Waals surface area contributed by atoms with E-state index in [1.807, 2.05) is 6.07 Å². The Morgan fingerprint density at radius 2 is 1.82 bits per heavy atom. The number of aromatic nitrogens is 1. The monoisotopic (exact) mass is 320 g/mol. The van der Waals surface area contributed by atoms with E-state index in [1.165, 1.54) is 18.3 Å². The fourth-order valence-electron chi connectivity index (χ4n) is 1.92. The van der Waals surface area contributed by atoms with E-state index in [2.05, 4.69) is 10.3 Å². The van der Waals surface area contributed by atoms with E-state index in [0.717, 1.165) is 0 Å². The molecule has 0 aliphatic heterocycles. The van der Waals surface area contributed by atoms with Gasteiger partial charge in [0.2, 0.25) is 0 Å². The van der Waals surface area contributed by atoms with Gasteiger partial charge >= 0.3 is 0 Å². The first-order chi connectivity index (χ1) is 10.5. The van der Waals surface area contributed by atoms with Crippen molar-refractivity contribution in [1.82, 2.24) is 10.3 Å². The van der Waals surface area contributed by atoms with Crippen molar-refractivity contribution in [2.75, 3.05) is 12.3 Å². The molecule has 0 unspecified atom stereocenters. The van der Waals surface area contributed by atoms with Crippen LogP contribution in [0.25, 0.3) is 0 Å². The van der Waals surface area contributed by atoms with Gasteiger partial charge in [-0.05, 0) is 17.7 Å². The number of carbonyl (C=O) groups is 1. The first-order valence-corrected chi connectivity index (χ1v) is 8.50. The van der Waals surface area contributed by atoms with Crippen molar-refractivity contribution in [3.63, 3.8) is 0 Å². The Morgan fingerprint density at radius 3 is 2.50 bits per heavy atom. The Morgan fingerprint density at radius 1 is 1.09 bits per heavy atom. The summed E-state index contributed by atoms with van der Waals surface area (Å²) in [7, 11) is -3.32. The van der Waals surface area contributed by atoms with Gasteiger partial charge in [0.05, 0.1) is 11.5 Å². The number of aromatic amines is 1. The third-order valence-corrected chi connectivity index (χ3v) is 4.59. The predicted octanol–water partition coefficient (Wildman–Crippen LogP) is 0.720. The lowest BCUT2D eigenvalue weighted by Gasteiger charge is -2.06. The second kappa shape index (κ2) is 7.04. The average Bonchev–Trinajstić information content (AvgIpc) is 2.48. The maximum absolute atomic E-state index is 12.0. The molecular formula is C15H16N2O4S. The molecule has 1 amide bonds.